The number of thiophene rings is 1. The van der Waals surface area contributed by atoms with Crippen molar-refractivity contribution in [2.75, 3.05) is 38.0 Å². The fourth-order valence-corrected chi connectivity index (χ4v) is 3.98. The van der Waals surface area contributed by atoms with Crippen molar-refractivity contribution in [3.05, 3.63) is 50.1 Å². The second-order valence-corrected chi connectivity index (χ2v) is 8.43. The molecule has 1 fully saturated rings. The van der Waals surface area contributed by atoms with Crippen LogP contribution < -0.4 is 5.32 Å². The highest BCUT2D eigenvalue weighted by Gasteiger charge is 2.24. The van der Waals surface area contributed by atoms with E-state index in [9.17, 15) is 9.59 Å². The number of benzene rings is 1. The van der Waals surface area contributed by atoms with E-state index in [-0.39, 0.29) is 18.4 Å². The smallest absolute Gasteiger partial charge is 0.254 e. The van der Waals surface area contributed by atoms with Crippen LogP contribution in [0.2, 0.25) is 5.02 Å². The van der Waals surface area contributed by atoms with Crippen LogP contribution in [0.15, 0.2) is 39.5 Å². The summed E-state index contributed by atoms with van der Waals surface area (Å²) in [5, 5.41) is 5.20. The van der Waals surface area contributed by atoms with E-state index in [1.165, 1.54) is 11.3 Å². The van der Waals surface area contributed by atoms with Crippen molar-refractivity contribution in [1.29, 1.82) is 0 Å². The van der Waals surface area contributed by atoms with Gasteiger partial charge in [-0.3, -0.25) is 14.5 Å². The molecule has 0 spiro atoms. The molecule has 2 heterocycles. The Morgan fingerprint density at radius 1 is 1.20 bits per heavy atom. The number of rotatable bonds is 4. The van der Waals surface area contributed by atoms with Gasteiger partial charge in [-0.25, -0.2) is 0 Å². The summed E-state index contributed by atoms with van der Waals surface area (Å²) in [5.41, 5.74) is 1.33. The summed E-state index contributed by atoms with van der Waals surface area (Å²) < 4.78 is 0.950. The molecular weight excluding hydrogens is 426 g/mol. The molecule has 8 heteroatoms. The lowest BCUT2D eigenvalue weighted by atomic mass is 10.2. The van der Waals surface area contributed by atoms with Crippen molar-refractivity contribution in [3.8, 4) is 0 Å². The van der Waals surface area contributed by atoms with Crippen molar-refractivity contribution in [3.63, 3.8) is 0 Å². The van der Waals surface area contributed by atoms with Crippen molar-refractivity contribution in [1.82, 2.24) is 9.80 Å². The molecule has 2 amide bonds. The minimum atomic E-state index is -0.102. The van der Waals surface area contributed by atoms with Gasteiger partial charge >= 0.3 is 0 Å². The van der Waals surface area contributed by atoms with Crippen LogP contribution in [0.3, 0.4) is 0 Å². The second-order valence-electron chi connectivity index (χ2n) is 5.74. The van der Waals surface area contributed by atoms with Gasteiger partial charge in [0, 0.05) is 31.6 Å². The standard InChI is InChI=1S/C17H17BrClN3O2S/c18-15-9-12(11-25-15)17(24)22-7-5-21(6-8-22)10-16(23)20-14-4-2-1-3-13(14)19/h1-4,9,11H,5-8,10H2,(H,20,23). The minimum absolute atomic E-state index is 0.0436. The predicted octanol–water partition coefficient (Wildman–Crippen LogP) is 3.56. The minimum Gasteiger partial charge on any atom is -0.336 e. The summed E-state index contributed by atoms with van der Waals surface area (Å²) in [6.45, 7) is 2.87. The summed E-state index contributed by atoms with van der Waals surface area (Å²) in [7, 11) is 0. The first-order valence-corrected chi connectivity index (χ1v) is 9.88. The van der Waals surface area contributed by atoms with E-state index in [1.54, 1.807) is 12.1 Å². The predicted molar refractivity (Wildman–Crippen MR) is 104 cm³/mol. The van der Waals surface area contributed by atoms with Gasteiger partial charge < -0.3 is 10.2 Å². The number of anilines is 1. The summed E-state index contributed by atoms with van der Waals surface area (Å²) in [4.78, 5) is 28.5. The van der Waals surface area contributed by atoms with Crippen LogP contribution in [-0.4, -0.2) is 54.3 Å². The SMILES string of the molecule is O=C(CN1CCN(C(=O)c2csc(Br)c2)CC1)Nc1ccccc1Cl. The second kappa shape index (κ2) is 8.31. The molecule has 25 heavy (non-hydrogen) atoms. The molecule has 1 aliphatic heterocycles. The molecule has 1 aliphatic rings. The number of nitrogens with one attached hydrogen (secondary N) is 1. The molecule has 0 unspecified atom stereocenters. The first-order chi connectivity index (χ1) is 12.0. The molecule has 0 atom stereocenters. The zero-order chi connectivity index (χ0) is 17.8. The van der Waals surface area contributed by atoms with Gasteiger partial charge in [-0.1, -0.05) is 23.7 Å². The molecule has 0 bridgehead atoms. The van der Waals surface area contributed by atoms with Crippen LogP contribution in [0, 0.1) is 0 Å². The molecule has 0 saturated carbocycles. The van der Waals surface area contributed by atoms with Gasteiger partial charge in [-0.2, -0.15) is 0 Å². The Balaban J connectivity index is 1.48. The van der Waals surface area contributed by atoms with Gasteiger partial charge in [-0.15, -0.1) is 11.3 Å². The van der Waals surface area contributed by atoms with E-state index in [4.69, 9.17) is 11.6 Å². The van der Waals surface area contributed by atoms with Gasteiger partial charge in [0.1, 0.15) is 0 Å². The topological polar surface area (TPSA) is 52.7 Å². The van der Waals surface area contributed by atoms with E-state index in [2.05, 4.69) is 21.2 Å². The number of nitrogens with zero attached hydrogens (tertiary/aromatic N) is 2. The number of piperazine rings is 1. The monoisotopic (exact) mass is 441 g/mol. The molecule has 0 aliphatic carbocycles. The highest BCUT2D eigenvalue weighted by Crippen LogP contribution is 2.22. The Hall–Kier alpha value is -1.41. The van der Waals surface area contributed by atoms with Crippen LogP contribution in [-0.2, 0) is 4.79 Å². The summed E-state index contributed by atoms with van der Waals surface area (Å²) in [5.74, 6) is -0.0586. The van der Waals surface area contributed by atoms with Crippen LogP contribution in [0.4, 0.5) is 5.69 Å². The Kier molecular flexibility index (Phi) is 6.11. The van der Waals surface area contributed by atoms with Gasteiger partial charge in [0.2, 0.25) is 5.91 Å². The lowest BCUT2D eigenvalue weighted by Crippen LogP contribution is -2.50. The molecule has 1 aromatic heterocycles. The van der Waals surface area contributed by atoms with E-state index in [1.807, 2.05) is 33.4 Å². The van der Waals surface area contributed by atoms with Crippen molar-refractivity contribution < 1.29 is 9.59 Å². The molecule has 3 rings (SSSR count). The lowest BCUT2D eigenvalue weighted by molar-refractivity contribution is -0.117. The van der Waals surface area contributed by atoms with Crippen molar-refractivity contribution >= 4 is 56.4 Å². The Morgan fingerprint density at radius 2 is 1.92 bits per heavy atom. The zero-order valence-corrected chi connectivity index (χ0v) is 16.5. The van der Waals surface area contributed by atoms with Gasteiger partial charge in [-0.05, 0) is 34.1 Å². The molecule has 132 valence electrons. The largest absolute Gasteiger partial charge is 0.336 e. The molecule has 1 N–H and O–H groups in total. The van der Waals surface area contributed by atoms with Gasteiger partial charge in [0.05, 0.1) is 26.6 Å². The fourth-order valence-electron chi connectivity index (χ4n) is 2.67. The Labute approximate surface area is 163 Å². The number of hydrogen-bond donors (Lipinski definition) is 1. The first-order valence-electron chi connectivity index (χ1n) is 7.83. The quantitative estimate of drug-likeness (QED) is 0.788. The molecule has 1 aromatic carbocycles. The third-order valence-electron chi connectivity index (χ3n) is 3.99. The zero-order valence-electron chi connectivity index (χ0n) is 13.4. The van der Waals surface area contributed by atoms with Crippen molar-refractivity contribution in [2.24, 2.45) is 0 Å². The maximum Gasteiger partial charge on any atom is 0.254 e. The summed E-state index contributed by atoms with van der Waals surface area (Å²) in [6.07, 6.45) is 0. The molecule has 0 radical (unpaired) electrons. The van der Waals surface area contributed by atoms with Crippen LogP contribution in [0.25, 0.3) is 0 Å². The van der Waals surface area contributed by atoms with Crippen LogP contribution in [0.5, 0.6) is 0 Å². The first kappa shape index (κ1) is 18.4. The highest BCUT2D eigenvalue weighted by molar-refractivity contribution is 9.11. The van der Waals surface area contributed by atoms with Crippen molar-refractivity contribution in [2.45, 2.75) is 0 Å². The number of hydrogen-bond acceptors (Lipinski definition) is 4. The molecule has 5 nitrogen and oxygen atoms in total. The number of amides is 2. The average molecular weight is 443 g/mol. The Morgan fingerprint density at radius 3 is 2.56 bits per heavy atom. The van der Waals surface area contributed by atoms with Crippen LogP contribution in [0.1, 0.15) is 10.4 Å². The number of para-hydroxylation sites is 1. The summed E-state index contributed by atoms with van der Waals surface area (Å²) >= 11 is 10.9. The maximum atomic E-state index is 12.4. The number of halogens is 2. The normalized spacial score (nSPS) is 15.2. The lowest BCUT2D eigenvalue weighted by Gasteiger charge is -2.34. The third kappa shape index (κ3) is 4.82. The molecule has 2 aromatic rings. The van der Waals surface area contributed by atoms with E-state index in [0.717, 1.165) is 3.79 Å². The third-order valence-corrected chi connectivity index (χ3v) is 5.82. The van der Waals surface area contributed by atoms with E-state index < -0.39 is 0 Å². The maximum absolute atomic E-state index is 12.4. The molecular formula is C17H17BrClN3O2S. The average Bonchev–Trinajstić information content (AvgIpc) is 3.03. The van der Waals surface area contributed by atoms with Crippen LogP contribution >= 0.6 is 38.9 Å². The van der Waals surface area contributed by atoms with E-state index in [0.29, 0.717) is 42.5 Å². The number of carbonyl (C=O) groups is 2. The van der Waals surface area contributed by atoms with Gasteiger partial charge in [0.15, 0.2) is 0 Å². The Bertz CT molecular complexity index is 775. The highest BCUT2D eigenvalue weighted by atomic mass is 79.9. The van der Waals surface area contributed by atoms with E-state index >= 15 is 0 Å². The number of carbonyl (C=O) groups excluding carboxylic acids is 2. The fraction of sp³-hybridized carbons (Fsp3) is 0.294. The van der Waals surface area contributed by atoms with Gasteiger partial charge in [0.25, 0.3) is 5.91 Å². The molecule has 1 saturated heterocycles. The summed E-state index contributed by atoms with van der Waals surface area (Å²) in [6, 6.07) is 9.01.